The number of hydrogen-bond donors (Lipinski definition) is 0. The highest BCUT2D eigenvalue weighted by atomic mass is 15.2. The molecule has 0 fully saturated rings. The van der Waals surface area contributed by atoms with Crippen LogP contribution in [-0.2, 0) is 16.2 Å². The summed E-state index contributed by atoms with van der Waals surface area (Å²) < 4.78 is 7.17. The molecule has 6 aliphatic rings. The summed E-state index contributed by atoms with van der Waals surface area (Å²) in [7, 11) is 0. The van der Waals surface area contributed by atoms with Gasteiger partial charge in [0.15, 0.2) is 0 Å². The fourth-order valence-electron chi connectivity index (χ4n) is 21.9. The first-order chi connectivity index (χ1) is 60.4. The minimum Gasteiger partial charge on any atom is -0.333 e. The summed E-state index contributed by atoms with van der Waals surface area (Å²) in [5.41, 5.74) is 30.3. The largest absolute Gasteiger partial charge is 0.333 e. The standard InChI is InChI=1S/3C39H32N2/c1-39(2)32-19-6-11-24-37(32)41(38-25-12-7-20-33(38)39)34-21-8-3-16-29(34)27-14-13-15-28(26-27)40-35-22-9-4-17-30(35)31-18-5-10-23-36(31)40;1-39(2)32-16-6-11-21-37(32)41(38-22-12-7-17-33(38)39)34-18-8-3-13-29(34)27-23-25-28(26-24-27)40-35-19-9-4-14-30(35)31-15-5-10-20-36(31)40;1-39(2)32-18-8-12-22-37(32)41(38-23-13-9-19-33(38)39)34-20-10-6-16-29(34)27-24-25-36-31(26-27)30-17-7-11-21-35(30)40(36)28-14-4-3-5-15-28/h3*3-26,32,37H,1-2H3. The topological polar surface area (TPSA) is 24.5 Å². The van der Waals surface area contributed by atoms with Gasteiger partial charge in [-0.15, -0.1) is 0 Å². The third kappa shape index (κ3) is 12.3. The second-order valence-corrected chi connectivity index (χ2v) is 35.5. The molecule has 6 heteroatoms. The third-order valence-corrected chi connectivity index (χ3v) is 27.8. The molecule has 0 radical (unpaired) electrons. The Balaban J connectivity index is 0.000000110. The maximum Gasteiger partial charge on any atom is 0.0596 e. The van der Waals surface area contributed by atoms with Gasteiger partial charge in [0.1, 0.15) is 0 Å². The van der Waals surface area contributed by atoms with E-state index in [0.717, 1.165) is 0 Å². The van der Waals surface area contributed by atoms with E-state index in [0.29, 0.717) is 17.8 Å². The lowest BCUT2D eigenvalue weighted by atomic mass is 9.65. The van der Waals surface area contributed by atoms with Gasteiger partial charge in [0.25, 0.3) is 0 Å². The molecule has 594 valence electrons. The molecule has 6 heterocycles. The van der Waals surface area contributed by atoms with E-state index < -0.39 is 0 Å². The summed E-state index contributed by atoms with van der Waals surface area (Å²) in [5.74, 6) is 1.13. The van der Waals surface area contributed by atoms with Gasteiger partial charge in [-0.1, -0.05) is 363 Å². The lowest BCUT2D eigenvalue weighted by Crippen LogP contribution is -2.49. The molecule has 6 atom stereocenters. The summed E-state index contributed by atoms with van der Waals surface area (Å²) in [6.45, 7) is 14.4. The Morgan fingerprint density at radius 2 is 0.472 bits per heavy atom. The minimum atomic E-state index is 0.0322. The molecule has 24 rings (SSSR count). The fourth-order valence-corrected chi connectivity index (χ4v) is 21.9. The van der Waals surface area contributed by atoms with Crippen LogP contribution in [0.3, 0.4) is 0 Å². The van der Waals surface area contributed by atoms with Crippen molar-refractivity contribution in [3.63, 3.8) is 0 Å². The smallest absolute Gasteiger partial charge is 0.0596 e. The highest BCUT2D eigenvalue weighted by Crippen LogP contribution is 2.57. The van der Waals surface area contributed by atoms with Gasteiger partial charge in [0.05, 0.1) is 51.2 Å². The molecular weight excluding hydrogens is 1490 g/mol. The molecule has 0 bridgehead atoms. The average molecular weight is 1590 g/mol. The van der Waals surface area contributed by atoms with Crippen molar-refractivity contribution < 1.29 is 0 Å². The molecule has 0 saturated carbocycles. The highest BCUT2D eigenvalue weighted by Gasteiger charge is 2.49. The molecule has 0 amide bonds. The number of aromatic nitrogens is 3. The first kappa shape index (κ1) is 74.8. The normalized spacial score (nSPS) is 18.9. The lowest BCUT2D eigenvalue weighted by Gasteiger charge is -2.51. The van der Waals surface area contributed by atoms with E-state index >= 15 is 0 Å². The number of allylic oxidation sites excluding steroid dienone is 6. The average Bonchev–Trinajstić information content (AvgIpc) is 1.26. The fraction of sp³-hybridized carbons (Fsp3) is 0.128. The Morgan fingerprint density at radius 3 is 0.870 bits per heavy atom. The van der Waals surface area contributed by atoms with Crippen LogP contribution in [0.1, 0.15) is 58.2 Å². The summed E-state index contributed by atoms with van der Waals surface area (Å²) in [5, 5.41) is 7.68. The monoisotopic (exact) mass is 1580 g/mol. The second kappa shape index (κ2) is 30.1. The van der Waals surface area contributed by atoms with Gasteiger partial charge in [0, 0.05) is 134 Å². The molecule has 18 aromatic rings. The van der Waals surface area contributed by atoms with E-state index in [1.165, 1.54) is 167 Å². The van der Waals surface area contributed by atoms with Crippen molar-refractivity contribution in [2.45, 2.75) is 75.9 Å². The van der Waals surface area contributed by atoms with E-state index in [-0.39, 0.29) is 34.4 Å². The van der Waals surface area contributed by atoms with Crippen molar-refractivity contribution in [3.8, 4) is 50.4 Å². The number of anilines is 6. The molecular formula is C117H96N6. The summed E-state index contributed by atoms with van der Waals surface area (Å²) >= 11 is 0. The molecule has 3 aliphatic heterocycles. The van der Waals surface area contributed by atoms with Crippen LogP contribution in [0.25, 0.3) is 116 Å². The Morgan fingerprint density at radius 1 is 0.195 bits per heavy atom. The minimum absolute atomic E-state index is 0.0322. The van der Waals surface area contributed by atoms with Gasteiger partial charge in [-0.3, -0.25) is 0 Å². The number of hydrogen-bond acceptors (Lipinski definition) is 3. The van der Waals surface area contributed by atoms with Crippen molar-refractivity contribution in [2.24, 2.45) is 17.8 Å². The maximum absolute atomic E-state index is 2.58. The predicted molar refractivity (Wildman–Crippen MR) is 520 cm³/mol. The van der Waals surface area contributed by atoms with Crippen LogP contribution in [0.15, 0.2) is 437 Å². The van der Waals surface area contributed by atoms with Gasteiger partial charge < -0.3 is 28.4 Å². The summed E-state index contributed by atoms with van der Waals surface area (Å²) in [6, 6.07) is 134. The summed E-state index contributed by atoms with van der Waals surface area (Å²) in [4.78, 5) is 7.73. The van der Waals surface area contributed by atoms with Crippen LogP contribution in [0.4, 0.5) is 34.1 Å². The molecule has 3 aromatic heterocycles. The van der Waals surface area contributed by atoms with E-state index in [4.69, 9.17) is 0 Å². The lowest BCUT2D eigenvalue weighted by molar-refractivity contribution is 0.332. The third-order valence-electron chi connectivity index (χ3n) is 27.8. The Hall–Kier alpha value is -14.5. The zero-order chi connectivity index (χ0) is 82.7. The van der Waals surface area contributed by atoms with Gasteiger partial charge in [0.2, 0.25) is 0 Å². The van der Waals surface area contributed by atoms with E-state index in [9.17, 15) is 0 Å². The molecule has 6 unspecified atom stereocenters. The van der Waals surface area contributed by atoms with Gasteiger partial charge in [-0.2, -0.15) is 0 Å². The van der Waals surface area contributed by atoms with Crippen molar-refractivity contribution in [3.05, 3.63) is 454 Å². The van der Waals surface area contributed by atoms with Crippen LogP contribution < -0.4 is 14.7 Å². The molecule has 6 nitrogen and oxygen atoms in total. The van der Waals surface area contributed by atoms with Crippen LogP contribution in [0.5, 0.6) is 0 Å². The zero-order valence-electron chi connectivity index (χ0n) is 70.2. The molecule has 3 aliphatic carbocycles. The molecule has 15 aromatic carbocycles. The van der Waals surface area contributed by atoms with Crippen molar-refractivity contribution in [1.29, 1.82) is 0 Å². The van der Waals surface area contributed by atoms with Gasteiger partial charge in [-0.05, 0) is 149 Å². The quantitative estimate of drug-likeness (QED) is 0.144. The number of fused-ring (bicyclic) bond motifs is 15. The van der Waals surface area contributed by atoms with Gasteiger partial charge in [-0.25, -0.2) is 0 Å². The van der Waals surface area contributed by atoms with E-state index in [1.54, 1.807) is 0 Å². The maximum atomic E-state index is 2.58. The Labute approximate surface area is 720 Å². The number of benzene rings is 15. The second-order valence-electron chi connectivity index (χ2n) is 35.5. The van der Waals surface area contributed by atoms with Crippen molar-refractivity contribution >= 4 is 99.5 Å². The zero-order valence-corrected chi connectivity index (χ0v) is 70.2. The van der Waals surface area contributed by atoms with Crippen LogP contribution in [0, 0.1) is 17.8 Å². The van der Waals surface area contributed by atoms with Crippen LogP contribution >= 0.6 is 0 Å². The molecule has 123 heavy (non-hydrogen) atoms. The van der Waals surface area contributed by atoms with Crippen LogP contribution in [0.2, 0.25) is 0 Å². The van der Waals surface area contributed by atoms with E-state index in [2.05, 4.69) is 507 Å². The predicted octanol–water partition coefficient (Wildman–Crippen LogP) is 30.0. The number of para-hydroxylation sites is 12. The number of rotatable bonds is 9. The van der Waals surface area contributed by atoms with E-state index in [1.807, 2.05) is 0 Å². The first-order valence-electron chi connectivity index (χ1n) is 43.6. The Kier molecular flexibility index (Phi) is 18.3. The van der Waals surface area contributed by atoms with Crippen molar-refractivity contribution in [2.75, 3.05) is 14.7 Å². The summed E-state index contributed by atoms with van der Waals surface area (Å²) in [6.07, 6.45) is 27.6. The molecule has 0 spiro atoms. The molecule has 0 saturated heterocycles. The number of nitrogens with zero attached hydrogens (tertiary/aromatic N) is 6. The molecule has 0 N–H and O–H groups in total. The van der Waals surface area contributed by atoms with Crippen molar-refractivity contribution in [1.82, 2.24) is 13.7 Å². The van der Waals surface area contributed by atoms with Crippen LogP contribution in [-0.4, -0.2) is 31.8 Å². The first-order valence-corrected chi connectivity index (χ1v) is 43.6. The van der Waals surface area contributed by atoms with Gasteiger partial charge >= 0.3 is 0 Å². The highest BCUT2D eigenvalue weighted by molar-refractivity contribution is 6.12. The SMILES string of the molecule is CC1(C)c2ccccc2N(c2ccccc2-c2ccc(-n3c4ccccc4c4ccccc43)cc2)C2C=CC=CC21.CC1(C)c2ccccc2N(c2ccccc2-c2ccc3c(c2)c2ccccc2n3-c2ccccc2)C2C=CC=CC21.CC1(C)c2ccccc2N(c2ccccc2-c2cccc(-n3c4ccccc4c4ccccc43)c2)C2C=CC=CC21. The Bertz CT molecular complexity index is 7260.